The Morgan fingerprint density at radius 1 is 1.17 bits per heavy atom. The van der Waals surface area contributed by atoms with Crippen LogP contribution in [0.4, 0.5) is 0 Å². The molecule has 0 N–H and O–H groups in total. The first-order chi connectivity index (χ1) is 8.77. The standard InChI is InChI=1S/C15H21NO2/c1-17-15(18-2)8-13-10-16(11-14(13)15)9-12-6-4-3-5-7-12/h3-7,13-14H,8-11H2,1-2H3. The lowest BCUT2D eigenvalue weighted by Gasteiger charge is -2.49. The van der Waals surface area contributed by atoms with E-state index in [1.165, 1.54) is 12.1 Å². The molecule has 1 heterocycles. The summed E-state index contributed by atoms with van der Waals surface area (Å²) in [5, 5.41) is 0. The van der Waals surface area contributed by atoms with Crippen LogP contribution in [-0.2, 0) is 16.0 Å². The molecule has 2 fully saturated rings. The minimum Gasteiger partial charge on any atom is -0.353 e. The molecule has 1 saturated heterocycles. The van der Waals surface area contributed by atoms with Crippen molar-refractivity contribution in [2.75, 3.05) is 27.3 Å². The first kappa shape index (κ1) is 12.2. The number of hydrogen-bond donors (Lipinski definition) is 0. The van der Waals surface area contributed by atoms with Crippen LogP contribution >= 0.6 is 0 Å². The maximum Gasteiger partial charge on any atom is 0.172 e. The summed E-state index contributed by atoms with van der Waals surface area (Å²) in [5.74, 6) is 0.973. The molecule has 1 aromatic carbocycles. The molecule has 0 amide bonds. The molecule has 3 nitrogen and oxygen atoms in total. The monoisotopic (exact) mass is 247 g/mol. The first-order valence-electron chi connectivity index (χ1n) is 6.64. The molecule has 1 saturated carbocycles. The van der Waals surface area contributed by atoms with Gasteiger partial charge in [0.05, 0.1) is 0 Å². The van der Waals surface area contributed by atoms with E-state index in [1.807, 2.05) is 0 Å². The third-order valence-corrected chi connectivity index (χ3v) is 4.57. The maximum atomic E-state index is 5.59. The number of rotatable bonds is 4. The van der Waals surface area contributed by atoms with Gasteiger partial charge >= 0.3 is 0 Å². The summed E-state index contributed by atoms with van der Waals surface area (Å²) in [5.41, 5.74) is 1.39. The fraction of sp³-hybridized carbons (Fsp3) is 0.600. The van der Waals surface area contributed by atoms with E-state index in [4.69, 9.17) is 9.47 Å². The average Bonchev–Trinajstić information content (AvgIpc) is 2.72. The molecule has 2 aliphatic rings. The second kappa shape index (κ2) is 4.65. The molecule has 98 valence electrons. The number of fused-ring (bicyclic) bond motifs is 1. The average molecular weight is 247 g/mol. The second-order valence-electron chi connectivity index (χ2n) is 5.47. The summed E-state index contributed by atoms with van der Waals surface area (Å²) in [6.07, 6.45) is 1.04. The van der Waals surface area contributed by atoms with Crippen molar-refractivity contribution < 1.29 is 9.47 Å². The Bertz CT molecular complexity index is 402. The van der Waals surface area contributed by atoms with Gasteiger partial charge < -0.3 is 9.47 Å². The predicted octanol–water partition coefficient (Wildman–Crippen LogP) is 2.13. The first-order valence-corrected chi connectivity index (χ1v) is 6.64. The van der Waals surface area contributed by atoms with Gasteiger partial charge in [-0.15, -0.1) is 0 Å². The minimum absolute atomic E-state index is 0.309. The molecule has 0 aromatic heterocycles. The van der Waals surface area contributed by atoms with E-state index in [0.29, 0.717) is 5.92 Å². The second-order valence-corrected chi connectivity index (χ2v) is 5.47. The molecule has 0 spiro atoms. The lowest BCUT2D eigenvalue weighted by Crippen LogP contribution is -2.56. The van der Waals surface area contributed by atoms with Crippen LogP contribution < -0.4 is 0 Å². The van der Waals surface area contributed by atoms with Crippen LogP contribution in [0.2, 0.25) is 0 Å². The van der Waals surface area contributed by atoms with Gasteiger partial charge in [0.25, 0.3) is 0 Å². The van der Waals surface area contributed by atoms with Crippen LogP contribution in [0.1, 0.15) is 12.0 Å². The Morgan fingerprint density at radius 2 is 1.89 bits per heavy atom. The molecule has 18 heavy (non-hydrogen) atoms. The fourth-order valence-corrected chi connectivity index (χ4v) is 3.55. The molecular formula is C15H21NO2. The van der Waals surface area contributed by atoms with Gasteiger partial charge in [-0.25, -0.2) is 0 Å². The largest absolute Gasteiger partial charge is 0.353 e. The molecule has 2 atom stereocenters. The summed E-state index contributed by atoms with van der Waals surface area (Å²) < 4.78 is 11.2. The number of ether oxygens (including phenoxy) is 2. The molecule has 0 radical (unpaired) electrons. The van der Waals surface area contributed by atoms with Crippen molar-refractivity contribution in [3.63, 3.8) is 0 Å². The van der Waals surface area contributed by atoms with Gasteiger partial charge in [-0.2, -0.15) is 0 Å². The highest BCUT2D eigenvalue weighted by atomic mass is 16.7. The van der Waals surface area contributed by atoms with Gasteiger partial charge in [0.2, 0.25) is 0 Å². The zero-order valence-electron chi connectivity index (χ0n) is 11.1. The van der Waals surface area contributed by atoms with Gasteiger partial charge in [-0.1, -0.05) is 30.3 Å². The third-order valence-electron chi connectivity index (χ3n) is 4.57. The Labute approximate surface area is 109 Å². The number of likely N-dealkylation sites (tertiary alicyclic amines) is 1. The Morgan fingerprint density at radius 3 is 2.56 bits per heavy atom. The topological polar surface area (TPSA) is 21.7 Å². The van der Waals surface area contributed by atoms with Crippen LogP contribution in [-0.4, -0.2) is 38.0 Å². The predicted molar refractivity (Wildman–Crippen MR) is 70.1 cm³/mol. The quantitative estimate of drug-likeness (QED) is 0.761. The van der Waals surface area contributed by atoms with Crippen LogP contribution in [0.15, 0.2) is 30.3 Å². The van der Waals surface area contributed by atoms with Gasteiger partial charge in [0, 0.05) is 46.2 Å². The van der Waals surface area contributed by atoms with E-state index < -0.39 is 0 Å². The molecule has 1 aliphatic carbocycles. The van der Waals surface area contributed by atoms with Crippen LogP contribution in [0.25, 0.3) is 0 Å². The van der Waals surface area contributed by atoms with Crippen molar-refractivity contribution in [1.29, 1.82) is 0 Å². The maximum absolute atomic E-state index is 5.59. The fourth-order valence-electron chi connectivity index (χ4n) is 3.55. The lowest BCUT2D eigenvalue weighted by atomic mass is 9.70. The normalized spacial score (nSPS) is 29.9. The van der Waals surface area contributed by atoms with Gasteiger partial charge in [-0.05, 0) is 11.5 Å². The van der Waals surface area contributed by atoms with Gasteiger partial charge in [0.15, 0.2) is 5.79 Å². The van der Waals surface area contributed by atoms with Crippen molar-refractivity contribution in [2.24, 2.45) is 11.8 Å². The van der Waals surface area contributed by atoms with Crippen LogP contribution in [0.3, 0.4) is 0 Å². The molecule has 1 aliphatic heterocycles. The Hall–Kier alpha value is -0.900. The van der Waals surface area contributed by atoms with Gasteiger partial charge in [-0.3, -0.25) is 4.90 Å². The smallest absolute Gasteiger partial charge is 0.172 e. The van der Waals surface area contributed by atoms with Crippen molar-refractivity contribution in [2.45, 2.75) is 18.8 Å². The van der Waals surface area contributed by atoms with E-state index in [9.17, 15) is 0 Å². The van der Waals surface area contributed by atoms with Gasteiger partial charge in [0.1, 0.15) is 0 Å². The summed E-state index contributed by atoms with van der Waals surface area (Å²) >= 11 is 0. The number of benzene rings is 1. The zero-order chi connectivity index (χ0) is 12.6. The van der Waals surface area contributed by atoms with E-state index in [2.05, 4.69) is 35.2 Å². The number of methoxy groups -OCH3 is 2. The molecule has 3 heteroatoms. The summed E-state index contributed by atoms with van der Waals surface area (Å²) in [4.78, 5) is 2.52. The SMILES string of the molecule is COC1(OC)CC2CN(Cc3ccccc3)CC21. The molecular weight excluding hydrogens is 226 g/mol. The van der Waals surface area contributed by atoms with E-state index >= 15 is 0 Å². The van der Waals surface area contributed by atoms with E-state index in [-0.39, 0.29) is 5.79 Å². The Kier molecular flexibility index (Phi) is 3.14. The van der Waals surface area contributed by atoms with Crippen molar-refractivity contribution in [1.82, 2.24) is 4.90 Å². The highest BCUT2D eigenvalue weighted by Gasteiger charge is 2.58. The summed E-state index contributed by atoms with van der Waals surface area (Å²) in [7, 11) is 3.53. The van der Waals surface area contributed by atoms with Crippen molar-refractivity contribution in [3.8, 4) is 0 Å². The lowest BCUT2D eigenvalue weighted by molar-refractivity contribution is -0.299. The van der Waals surface area contributed by atoms with Crippen molar-refractivity contribution >= 4 is 0 Å². The molecule has 2 unspecified atom stereocenters. The van der Waals surface area contributed by atoms with E-state index in [0.717, 1.165) is 25.4 Å². The molecule has 0 bridgehead atoms. The number of hydrogen-bond acceptors (Lipinski definition) is 3. The minimum atomic E-state index is -0.309. The highest BCUT2D eigenvalue weighted by molar-refractivity contribution is 5.15. The van der Waals surface area contributed by atoms with E-state index in [1.54, 1.807) is 14.2 Å². The molecule has 1 aromatic rings. The van der Waals surface area contributed by atoms with Crippen LogP contribution in [0, 0.1) is 11.8 Å². The van der Waals surface area contributed by atoms with Crippen LogP contribution in [0.5, 0.6) is 0 Å². The summed E-state index contributed by atoms with van der Waals surface area (Å²) in [6.45, 7) is 3.30. The van der Waals surface area contributed by atoms with Crippen molar-refractivity contribution in [3.05, 3.63) is 35.9 Å². The highest BCUT2D eigenvalue weighted by Crippen LogP contribution is 2.51. The zero-order valence-corrected chi connectivity index (χ0v) is 11.1. The summed E-state index contributed by atoms with van der Waals surface area (Å²) in [6, 6.07) is 10.7. The molecule has 3 rings (SSSR count). The Balaban J connectivity index is 1.63. The number of nitrogens with zero attached hydrogens (tertiary/aromatic N) is 1. The third kappa shape index (κ3) is 1.87.